The predicted molar refractivity (Wildman–Crippen MR) is 138 cm³/mol. The molecule has 36 heavy (non-hydrogen) atoms. The van der Waals surface area contributed by atoms with Crippen LogP contribution in [0.25, 0.3) is 33.0 Å². The summed E-state index contributed by atoms with van der Waals surface area (Å²) in [5, 5.41) is 0.198. The number of fused-ring (bicyclic) bond motifs is 1. The molecule has 0 spiro atoms. The number of carbonyl (C=O) groups is 1. The second kappa shape index (κ2) is 9.56. The molecule has 0 fully saturated rings. The van der Waals surface area contributed by atoms with Crippen LogP contribution in [-0.4, -0.2) is 30.5 Å². The first kappa shape index (κ1) is 23.7. The molecule has 182 valence electrons. The maximum absolute atomic E-state index is 13.0. The first-order valence-corrected chi connectivity index (χ1v) is 13.3. The molecular weight excluding hydrogens is 498 g/mol. The van der Waals surface area contributed by atoms with Gasteiger partial charge in [0.2, 0.25) is 5.89 Å². The van der Waals surface area contributed by atoms with Crippen LogP contribution in [0.15, 0.2) is 88.3 Å². The Hall–Kier alpha value is -4.02. The highest BCUT2D eigenvalue weighted by atomic mass is 32.2. The SMILES string of the molecule is CC(C)OC(=O)c1ccc2nc(NS(=O)(=O)c3ccc(-c4ncc(-c5ccccc5)o4)cc3)sc2c1. The zero-order valence-electron chi connectivity index (χ0n) is 19.3. The van der Waals surface area contributed by atoms with Gasteiger partial charge >= 0.3 is 5.97 Å². The molecule has 0 aliphatic rings. The van der Waals surface area contributed by atoms with E-state index in [1.54, 1.807) is 50.4 Å². The van der Waals surface area contributed by atoms with Gasteiger partial charge in [0.05, 0.1) is 33.0 Å². The van der Waals surface area contributed by atoms with Crippen LogP contribution in [-0.2, 0) is 14.8 Å². The summed E-state index contributed by atoms with van der Waals surface area (Å²) in [4.78, 5) is 20.9. The van der Waals surface area contributed by atoms with Crippen molar-refractivity contribution in [2.75, 3.05) is 4.72 Å². The molecule has 10 heteroatoms. The Morgan fingerprint density at radius 1 is 1.00 bits per heavy atom. The number of hydrogen-bond acceptors (Lipinski definition) is 8. The van der Waals surface area contributed by atoms with Crippen molar-refractivity contribution < 1.29 is 22.4 Å². The Kier molecular flexibility index (Phi) is 6.29. The average molecular weight is 520 g/mol. The van der Waals surface area contributed by atoms with Crippen molar-refractivity contribution in [1.82, 2.24) is 9.97 Å². The molecule has 3 aromatic carbocycles. The van der Waals surface area contributed by atoms with Crippen LogP contribution in [0.2, 0.25) is 0 Å². The molecule has 5 aromatic rings. The molecule has 5 rings (SSSR count). The van der Waals surface area contributed by atoms with E-state index in [0.717, 1.165) is 16.9 Å². The van der Waals surface area contributed by atoms with Crippen molar-refractivity contribution in [2.24, 2.45) is 0 Å². The van der Waals surface area contributed by atoms with Crippen LogP contribution in [0.5, 0.6) is 0 Å². The summed E-state index contributed by atoms with van der Waals surface area (Å²) in [6.07, 6.45) is 1.40. The summed E-state index contributed by atoms with van der Waals surface area (Å²) < 4.78 is 40.1. The van der Waals surface area contributed by atoms with E-state index < -0.39 is 16.0 Å². The number of rotatable bonds is 7. The number of carbonyl (C=O) groups excluding carboxylic acids is 1. The van der Waals surface area contributed by atoms with Gasteiger partial charge in [0.1, 0.15) is 0 Å². The first-order valence-electron chi connectivity index (χ1n) is 11.0. The molecule has 0 aliphatic heterocycles. The number of benzene rings is 3. The maximum Gasteiger partial charge on any atom is 0.338 e. The van der Waals surface area contributed by atoms with Gasteiger partial charge in [0, 0.05) is 11.1 Å². The summed E-state index contributed by atoms with van der Waals surface area (Å²) in [5.41, 5.74) is 2.51. The summed E-state index contributed by atoms with van der Waals surface area (Å²) in [6, 6.07) is 20.7. The Morgan fingerprint density at radius 2 is 1.75 bits per heavy atom. The fraction of sp³-hybridized carbons (Fsp3) is 0.115. The van der Waals surface area contributed by atoms with Crippen LogP contribution in [0.1, 0.15) is 24.2 Å². The van der Waals surface area contributed by atoms with Gasteiger partial charge in [-0.15, -0.1) is 0 Å². The molecule has 8 nitrogen and oxygen atoms in total. The second-order valence-electron chi connectivity index (χ2n) is 8.18. The van der Waals surface area contributed by atoms with Gasteiger partial charge in [-0.3, -0.25) is 4.72 Å². The lowest BCUT2D eigenvalue weighted by Gasteiger charge is -2.07. The number of oxazole rings is 1. The monoisotopic (exact) mass is 519 g/mol. The number of sulfonamides is 1. The van der Waals surface area contributed by atoms with Crippen molar-refractivity contribution in [2.45, 2.75) is 24.8 Å². The topological polar surface area (TPSA) is 111 Å². The van der Waals surface area contributed by atoms with E-state index in [1.165, 1.54) is 12.1 Å². The van der Waals surface area contributed by atoms with Gasteiger partial charge in [0.25, 0.3) is 10.0 Å². The Bertz CT molecular complexity index is 1640. The van der Waals surface area contributed by atoms with Crippen molar-refractivity contribution in [3.05, 3.63) is 84.6 Å². The normalized spacial score (nSPS) is 11.6. The summed E-state index contributed by atoms with van der Waals surface area (Å²) in [7, 11) is -3.88. The van der Waals surface area contributed by atoms with E-state index in [-0.39, 0.29) is 16.1 Å². The van der Waals surface area contributed by atoms with Gasteiger partial charge in [-0.2, -0.15) is 0 Å². The van der Waals surface area contributed by atoms with E-state index in [9.17, 15) is 13.2 Å². The zero-order valence-corrected chi connectivity index (χ0v) is 21.0. The van der Waals surface area contributed by atoms with E-state index in [2.05, 4.69) is 14.7 Å². The lowest BCUT2D eigenvalue weighted by molar-refractivity contribution is 0.0378. The third kappa shape index (κ3) is 5.00. The Labute approximate surface area is 211 Å². The van der Waals surface area contributed by atoms with Crippen molar-refractivity contribution >= 4 is 42.7 Å². The third-order valence-corrected chi connectivity index (χ3v) is 7.58. The first-order chi connectivity index (χ1) is 17.3. The third-order valence-electron chi connectivity index (χ3n) is 5.16. The highest BCUT2D eigenvalue weighted by molar-refractivity contribution is 7.93. The lowest BCUT2D eigenvalue weighted by atomic mass is 10.2. The minimum Gasteiger partial charge on any atom is -0.459 e. The predicted octanol–water partition coefficient (Wildman–Crippen LogP) is 5.98. The number of esters is 1. The number of nitrogens with zero attached hydrogens (tertiary/aromatic N) is 2. The number of nitrogens with one attached hydrogen (secondary N) is 1. The lowest BCUT2D eigenvalue weighted by Crippen LogP contribution is -2.12. The van der Waals surface area contributed by atoms with Gasteiger partial charge in [-0.25, -0.2) is 23.2 Å². The van der Waals surface area contributed by atoms with E-state index in [4.69, 9.17) is 9.15 Å². The van der Waals surface area contributed by atoms with Gasteiger partial charge < -0.3 is 9.15 Å². The van der Waals surface area contributed by atoms with Crippen LogP contribution in [0, 0.1) is 0 Å². The number of anilines is 1. The standard InChI is InChI=1S/C26H21N3O5S2/c1-16(2)33-25(30)19-10-13-21-23(14-19)35-26(28-21)29-36(31,32)20-11-8-18(9-12-20)24-27-15-22(34-24)17-6-4-3-5-7-17/h3-16H,1-2H3,(H,28,29). The second-order valence-corrected chi connectivity index (χ2v) is 10.9. The van der Waals surface area contributed by atoms with E-state index >= 15 is 0 Å². The quantitative estimate of drug-likeness (QED) is 0.263. The molecule has 0 saturated carbocycles. The highest BCUT2D eigenvalue weighted by Crippen LogP contribution is 2.30. The van der Waals surface area contributed by atoms with Gasteiger partial charge in [-0.05, 0) is 56.3 Å². The molecule has 0 atom stereocenters. The number of aromatic nitrogens is 2. The van der Waals surface area contributed by atoms with Crippen molar-refractivity contribution in [1.29, 1.82) is 0 Å². The number of hydrogen-bond donors (Lipinski definition) is 1. The van der Waals surface area contributed by atoms with Crippen LogP contribution in [0.3, 0.4) is 0 Å². The molecule has 2 heterocycles. The number of thiazole rings is 1. The Morgan fingerprint density at radius 3 is 2.47 bits per heavy atom. The minimum atomic E-state index is -3.88. The summed E-state index contributed by atoms with van der Waals surface area (Å²) >= 11 is 1.14. The number of ether oxygens (including phenoxy) is 1. The van der Waals surface area contributed by atoms with Gasteiger partial charge in [-0.1, -0.05) is 41.7 Å². The Balaban J connectivity index is 1.33. The largest absolute Gasteiger partial charge is 0.459 e. The molecular formula is C26H21N3O5S2. The zero-order chi connectivity index (χ0) is 25.3. The molecule has 0 unspecified atom stereocenters. The highest BCUT2D eigenvalue weighted by Gasteiger charge is 2.19. The molecule has 0 saturated heterocycles. The summed E-state index contributed by atoms with van der Waals surface area (Å²) in [5.74, 6) is 0.577. The smallest absolute Gasteiger partial charge is 0.338 e. The van der Waals surface area contributed by atoms with Gasteiger partial charge in [0.15, 0.2) is 10.9 Å². The van der Waals surface area contributed by atoms with E-state index in [1.807, 2.05) is 30.3 Å². The minimum absolute atomic E-state index is 0.0709. The summed E-state index contributed by atoms with van der Waals surface area (Å²) in [6.45, 7) is 3.55. The fourth-order valence-corrected chi connectivity index (χ4v) is 5.61. The van der Waals surface area contributed by atoms with Crippen molar-refractivity contribution in [3.63, 3.8) is 0 Å². The molecule has 1 N–H and O–H groups in total. The van der Waals surface area contributed by atoms with Crippen LogP contribution < -0.4 is 4.72 Å². The molecule has 0 bridgehead atoms. The maximum atomic E-state index is 13.0. The average Bonchev–Trinajstić information content (AvgIpc) is 3.50. The van der Waals surface area contributed by atoms with E-state index in [0.29, 0.717) is 33.0 Å². The fourth-order valence-electron chi connectivity index (χ4n) is 3.47. The molecule has 2 aromatic heterocycles. The molecule has 0 radical (unpaired) electrons. The molecule has 0 aliphatic carbocycles. The van der Waals surface area contributed by atoms with Crippen LogP contribution in [0.4, 0.5) is 5.13 Å². The molecule has 0 amide bonds. The van der Waals surface area contributed by atoms with Crippen LogP contribution >= 0.6 is 11.3 Å². The van der Waals surface area contributed by atoms with Crippen molar-refractivity contribution in [3.8, 4) is 22.8 Å².